The highest BCUT2D eigenvalue weighted by Gasteiger charge is 2.27. The standard InChI is InChI=1S/C16H17BrN4O3/c17-11-6-8-12(9-7-11)20-15-14(21(22)23)16(19-10-18-15)24-13-4-2-1-3-5-13/h6-10,13H,1-5H2,(H,18,19,20). The Kier molecular flexibility index (Phi) is 5.24. The van der Waals surface area contributed by atoms with Gasteiger partial charge in [-0.2, -0.15) is 4.98 Å². The number of rotatable bonds is 5. The van der Waals surface area contributed by atoms with E-state index in [0.29, 0.717) is 5.69 Å². The van der Waals surface area contributed by atoms with Gasteiger partial charge in [0.05, 0.1) is 4.92 Å². The number of anilines is 2. The summed E-state index contributed by atoms with van der Waals surface area (Å²) in [7, 11) is 0. The van der Waals surface area contributed by atoms with E-state index in [0.717, 1.165) is 30.2 Å². The van der Waals surface area contributed by atoms with Gasteiger partial charge in [-0.3, -0.25) is 10.1 Å². The van der Waals surface area contributed by atoms with Crippen LogP contribution in [0.3, 0.4) is 0 Å². The highest BCUT2D eigenvalue weighted by atomic mass is 79.9. The van der Waals surface area contributed by atoms with Crippen LogP contribution < -0.4 is 10.1 Å². The number of nitrogens with one attached hydrogen (secondary N) is 1. The van der Waals surface area contributed by atoms with Crippen LogP contribution in [-0.4, -0.2) is 21.0 Å². The van der Waals surface area contributed by atoms with E-state index in [2.05, 4.69) is 31.2 Å². The summed E-state index contributed by atoms with van der Waals surface area (Å²) in [5.41, 5.74) is 0.467. The van der Waals surface area contributed by atoms with E-state index >= 15 is 0 Å². The lowest BCUT2D eigenvalue weighted by Crippen LogP contribution is -2.21. The molecule has 0 bridgehead atoms. The number of ether oxygens (including phenoxy) is 1. The number of nitrogens with zero attached hydrogens (tertiary/aromatic N) is 3. The van der Waals surface area contributed by atoms with Crippen LogP contribution in [0, 0.1) is 10.1 Å². The molecular formula is C16H17BrN4O3. The van der Waals surface area contributed by atoms with Gasteiger partial charge in [-0.05, 0) is 49.9 Å². The average molecular weight is 393 g/mol. The van der Waals surface area contributed by atoms with Crippen LogP contribution in [-0.2, 0) is 0 Å². The molecule has 0 atom stereocenters. The van der Waals surface area contributed by atoms with Crippen molar-refractivity contribution in [3.63, 3.8) is 0 Å². The molecule has 1 fully saturated rings. The van der Waals surface area contributed by atoms with E-state index in [1.54, 1.807) is 12.1 Å². The summed E-state index contributed by atoms with van der Waals surface area (Å²) < 4.78 is 6.73. The summed E-state index contributed by atoms with van der Waals surface area (Å²) in [6, 6.07) is 7.29. The van der Waals surface area contributed by atoms with Crippen molar-refractivity contribution in [3.05, 3.63) is 45.2 Å². The van der Waals surface area contributed by atoms with Gasteiger partial charge in [0, 0.05) is 10.2 Å². The van der Waals surface area contributed by atoms with Crippen LogP contribution in [0.5, 0.6) is 5.88 Å². The zero-order valence-corrected chi connectivity index (χ0v) is 14.5. The molecule has 1 aliphatic rings. The van der Waals surface area contributed by atoms with Crippen LogP contribution in [0.25, 0.3) is 0 Å². The van der Waals surface area contributed by atoms with Gasteiger partial charge in [0.1, 0.15) is 12.4 Å². The van der Waals surface area contributed by atoms with E-state index in [-0.39, 0.29) is 23.5 Å². The minimum absolute atomic E-state index is 0.0205. The largest absolute Gasteiger partial charge is 0.469 e. The van der Waals surface area contributed by atoms with Crippen LogP contribution >= 0.6 is 15.9 Å². The third kappa shape index (κ3) is 4.00. The molecule has 0 radical (unpaired) electrons. The summed E-state index contributed by atoms with van der Waals surface area (Å²) in [5.74, 6) is 0.157. The molecular weight excluding hydrogens is 376 g/mol. The van der Waals surface area contributed by atoms with Gasteiger partial charge in [-0.15, -0.1) is 0 Å². The maximum Gasteiger partial charge on any atom is 0.373 e. The van der Waals surface area contributed by atoms with Gasteiger partial charge < -0.3 is 10.1 Å². The second-order valence-corrected chi connectivity index (χ2v) is 6.56. The van der Waals surface area contributed by atoms with Gasteiger partial charge in [0.25, 0.3) is 5.88 Å². The second-order valence-electron chi connectivity index (χ2n) is 5.64. The SMILES string of the molecule is O=[N+]([O-])c1c(Nc2ccc(Br)cc2)ncnc1OC1CCCCC1. The van der Waals surface area contributed by atoms with Crippen molar-refractivity contribution >= 4 is 33.1 Å². The zero-order valence-electron chi connectivity index (χ0n) is 12.9. The van der Waals surface area contributed by atoms with Gasteiger partial charge >= 0.3 is 5.69 Å². The number of nitro groups is 1. The lowest BCUT2D eigenvalue weighted by Gasteiger charge is -2.22. The van der Waals surface area contributed by atoms with Crippen LogP contribution in [0.15, 0.2) is 35.1 Å². The predicted octanol–water partition coefficient (Wildman–Crippen LogP) is 4.60. The Morgan fingerprint density at radius 3 is 2.54 bits per heavy atom. The summed E-state index contributed by atoms with van der Waals surface area (Å²) >= 11 is 3.35. The minimum atomic E-state index is -0.501. The molecule has 24 heavy (non-hydrogen) atoms. The third-order valence-electron chi connectivity index (χ3n) is 3.91. The van der Waals surface area contributed by atoms with Crippen molar-refractivity contribution in [1.82, 2.24) is 9.97 Å². The predicted molar refractivity (Wildman–Crippen MR) is 93.6 cm³/mol. The molecule has 3 rings (SSSR count). The summed E-state index contributed by atoms with van der Waals surface area (Å²) in [5, 5.41) is 14.5. The first kappa shape index (κ1) is 16.6. The maximum atomic E-state index is 11.5. The first-order valence-corrected chi connectivity index (χ1v) is 8.61. The molecule has 0 amide bonds. The van der Waals surface area contributed by atoms with Crippen LogP contribution in [0.4, 0.5) is 17.2 Å². The van der Waals surface area contributed by atoms with Crippen molar-refractivity contribution in [2.45, 2.75) is 38.2 Å². The van der Waals surface area contributed by atoms with E-state index in [1.807, 2.05) is 12.1 Å². The lowest BCUT2D eigenvalue weighted by atomic mass is 9.98. The number of hydrogen-bond acceptors (Lipinski definition) is 6. The Bertz CT molecular complexity index is 718. The molecule has 0 spiro atoms. The van der Waals surface area contributed by atoms with Crippen molar-refractivity contribution in [2.24, 2.45) is 0 Å². The van der Waals surface area contributed by atoms with Crippen molar-refractivity contribution in [1.29, 1.82) is 0 Å². The molecule has 0 unspecified atom stereocenters. The molecule has 7 nitrogen and oxygen atoms in total. The quantitative estimate of drug-likeness (QED) is 0.590. The van der Waals surface area contributed by atoms with Gasteiger partial charge in [-0.25, -0.2) is 4.98 Å². The number of benzene rings is 1. The van der Waals surface area contributed by atoms with Crippen molar-refractivity contribution in [3.8, 4) is 5.88 Å². The Morgan fingerprint density at radius 1 is 1.17 bits per heavy atom. The molecule has 1 aliphatic carbocycles. The zero-order chi connectivity index (χ0) is 16.9. The fourth-order valence-electron chi connectivity index (χ4n) is 2.72. The summed E-state index contributed by atoms with van der Waals surface area (Å²) in [6.45, 7) is 0. The summed E-state index contributed by atoms with van der Waals surface area (Å²) in [6.07, 6.45) is 6.40. The van der Waals surface area contributed by atoms with E-state index in [1.165, 1.54) is 12.7 Å². The Balaban J connectivity index is 1.86. The van der Waals surface area contributed by atoms with Crippen LogP contribution in [0.2, 0.25) is 0 Å². The smallest absolute Gasteiger partial charge is 0.373 e. The van der Waals surface area contributed by atoms with Crippen molar-refractivity contribution in [2.75, 3.05) is 5.32 Å². The molecule has 2 aromatic rings. The Labute approximate surface area is 147 Å². The molecule has 126 valence electrons. The van der Waals surface area contributed by atoms with Gasteiger partial charge in [0.15, 0.2) is 0 Å². The topological polar surface area (TPSA) is 90.2 Å². The second kappa shape index (κ2) is 7.57. The monoisotopic (exact) mass is 392 g/mol. The average Bonchev–Trinajstić information content (AvgIpc) is 2.58. The molecule has 1 aromatic carbocycles. The van der Waals surface area contributed by atoms with Crippen LogP contribution in [0.1, 0.15) is 32.1 Å². The molecule has 8 heteroatoms. The van der Waals surface area contributed by atoms with Gasteiger partial charge in [-0.1, -0.05) is 22.4 Å². The normalized spacial score (nSPS) is 15.0. The highest BCUT2D eigenvalue weighted by Crippen LogP contribution is 2.35. The summed E-state index contributed by atoms with van der Waals surface area (Å²) in [4.78, 5) is 19.0. The molecule has 1 N–H and O–H groups in total. The number of aromatic nitrogens is 2. The molecule has 0 saturated heterocycles. The van der Waals surface area contributed by atoms with Gasteiger partial charge in [0.2, 0.25) is 5.82 Å². The molecule has 1 saturated carbocycles. The third-order valence-corrected chi connectivity index (χ3v) is 4.44. The number of hydrogen-bond donors (Lipinski definition) is 1. The lowest BCUT2D eigenvalue weighted by molar-refractivity contribution is -0.385. The molecule has 1 heterocycles. The fraction of sp³-hybridized carbons (Fsp3) is 0.375. The highest BCUT2D eigenvalue weighted by molar-refractivity contribution is 9.10. The first-order valence-electron chi connectivity index (χ1n) is 7.82. The van der Waals surface area contributed by atoms with E-state index < -0.39 is 4.92 Å². The fourth-order valence-corrected chi connectivity index (χ4v) is 2.98. The van der Waals surface area contributed by atoms with E-state index in [9.17, 15) is 10.1 Å². The minimum Gasteiger partial charge on any atom is -0.469 e. The molecule has 0 aliphatic heterocycles. The first-order chi connectivity index (χ1) is 11.6. The van der Waals surface area contributed by atoms with E-state index in [4.69, 9.17) is 4.74 Å². The maximum absolute atomic E-state index is 11.5. The molecule has 1 aromatic heterocycles. The number of halogens is 1. The van der Waals surface area contributed by atoms with Crippen molar-refractivity contribution < 1.29 is 9.66 Å². The Morgan fingerprint density at radius 2 is 1.88 bits per heavy atom. The Hall–Kier alpha value is -2.22.